The van der Waals surface area contributed by atoms with E-state index >= 15 is 0 Å². The SMILES string of the molecule is NC(=O)N1CCC(S(=O)(=O)c2ccc(F)cc2)C1. The van der Waals surface area contributed by atoms with Crippen LogP contribution in [0.1, 0.15) is 6.42 Å². The van der Waals surface area contributed by atoms with Gasteiger partial charge in [0.1, 0.15) is 5.82 Å². The van der Waals surface area contributed by atoms with Gasteiger partial charge in [0, 0.05) is 13.1 Å². The Morgan fingerprint density at radius 3 is 2.44 bits per heavy atom. The Hall–Kier alpha value is -1.63. The molecule has 1 aliphatic heterocycles. The van der Waals surface area contributed by atoms with E-state index in [1.807, 2.05) is 0 Å². The quantitative estimate of drug-likeness (QED) is 0.807. The van der Waals surface area contributed by atoms with Crippen molar-refractivity contribution in [2.75, 3.05) is 13.1 Å². The molecule has 5 nitrogen and oxygen atoms in total. The van der Waals surface area contributed by atoms with Gasteiger partial charge in [0.2, 0.25) is 0 Å². The monoisotopic (exact) mass is 272 g/mol. The number of hydrogen-bond donors (Lipinski definition) is 1. The number of sulfone groups is 1. The summed E-state index contributed by atoms with van der Waals surface area (Å²) >= 11 is 0. The molecular weight excluding hydrogens is 259 g/mol. The molecule has 7 heteroatoms. The summed E-state index contributed by atoms with van der Waals surface area (Å²) in [6.07, 6.45) is 0.350. The van der Waals surface area contributed by atoms with E-state index in [4.69, 9.17) is 5.73 Å². The molecule has 1 aromatic carbocycles. The maximum atomic E-state index is 12.8. The van der Waals surface area contributed by atoms with E-state index in [-0.39, 0.29) is 11.4 Å². The van der Waals surface area contributed by atoms with Crippen molar-refractivity contribution in [3.05, 3.63) is 30.1 Å². The van der Waals surface area contributed by atoms with Crippen LogP contribution in [-0.4, -0.2) is 37.7 Å². The Bertz CT molecular complexity index is 556. The molecule has 1 aromatic rings. The summed E-state index contributed by atoms with van der Waals surface area (Å²) in [6.45, 7) is 0.426. The zero-order valence-electron chi connectivity index (χ0n) is 9.54. The molecule has 98 valence electrons. The van der Waals surface area contributed by atoms with Crippen LogP contribution in [0, 0.1) is 5.82 Å². The highest BCUT2D eigenvalue weighted by atomic mass is 32.2. The van der Waals surface area contributed by atoms with Crippen LogP contribution in [0.3, 0.4) is 0 Å². The van der Waals surface area contributed by atoms with Gasteiger partial charge in [-0.1, -0.05) is 0 Å². The lowest BCUT2D eigenvalue weighted by Gasteiger charge is -2.14. The molecule has 0 aliphatic carbocycles. The second-order valence-electron chi connectivity index (χ2n) is 4.19. The van der Waals surface area contributed by atoms with Crippen LogP contribution < -0.4 is 5.73 Å². The molecule has 1 heterocycles. The van der Waals surface area contributed by atoms with Gasteiger partial charge in [0.25, 0.3) is 0 Å². The number of primary amides is 1. The van der Waals surface area contributed by atoms with E-state index < -0.39 is 26.9 Å². The molecule has 2 N–H and O–H groups in total. The summed E-state index contributed by atoms with van der Waals surface area (Å²) in [6, 6.07) is 4.06. The van der Waals surface area contributed by atoms with Gasteiger partial charge in [-0.2, -0.15) is 0 Å². The van der Waals surface area contributed by atoms with Crippen LogP contribution in [-0.2, 0) is 9.84 Å². The first-order chi connectivity index (χ1) is 8.41. The van der Waals surface area contributed by atoms with Gasteiger partial charge < -0.3 is 10.6 Å². The topological polar surface area (TPSA) is 80.5 Å². The third-order valence-corrected chi connectivity index (χ3v) is 5.23. The lowest BCUT2D eigenvalue weighted by molar-refractivity contribution is 0.218. The number of likely N-dealkylation sites (tertiary alicyclic amines) is 1. The fourth-order valence-electron chi connectivity index (χ4n) is 2.00. The van der Waals surface area contributed by atoms with E-state index in [9.17, 15) is 17.6 Å². The number of carbonyl (C=O) groups is 1. The van der Waals surface area contributed by atoms with Crippen LogP contribution in [0.5, 0.6) is 0 Å². The molecule has 0 radical (unpaired) electrons. The molecule has 2 rings (SSSR count). The summed E-state index contributed by atoms with van der Waals surface area (Å²) in [4.78, 5) is 12.3. The van der Waals surface area contributed by atoms with Crippen LogP contribution in [0.25, 0.3) is 0 Å². The number of carbonyl (C=O) groups excluding carboxylic acids is 1. The van der Waals surface area contributed by atoms with Crippen LogP contribution in [0.4, 0.5) is 9.18 Å². The minimum Gasteiger partial charge on any atom is -0.351 e. The molecule has 0 spiro atoms. The molecule has 1 atom stereocenters. The van der Waals surface area contributed by atoms with Crippen LogP contribution in [0.15, 0.2) is 29.2 Å². The smallest absolute Gasteiger partial charge is 0.314 e. The lowest BCUT2D eigenvalue weighted by atomic mass is 10.3. The average molecular weight is 272 g/mol. The first kappa shape index (κ1) is 12.8. The first-order valence-electron chi connectivity index (χ1n) is 5.45. The number of urea groups is 1. The van der Waals surface area contributed by atoms with Crippen molar-refractivity contribution in [2.45, 2.75) is 16.6 Å². The molecule has 1 unspecified atom stereocenters. The zero-order chi connectivity index (χ0) is 13.3. The highest BCUT2D eigenvalue weighted by molar-refractivity contribution is 7.92. The minimum absolute atomic E-state index is 0.0696. The van der Waals surface area contributed by atoms with Crippen molar-refractivity contribution in [2.24, 2.45) is 5.73 Å². The number of halogens is 1. The maximum absolute atomic E-state index is 12.8. The van der Waals surface area contributed by atoms with Crippen molar-refractivity contribution in [3.63, 3.8) is 0 Å². The number of rotatable bonds is 2. The van der Waals surface area contributed by atoms with Crippen molar-refractivity contribution in [1.29, 1.82) is 0 Å². The van der Waals surface area contributed by atoms with Gasteiger partial charge in [0.15, 0.2) is 9.84 Å². The van der Waals surface area contributed by atoms with Gasteiger partial charge in [0.05, 0.1) is 10.1 Å². The Balaban J connectivity index is 2.22. The molecule has 1 saturated heterocycles. The van der Waals surface area contributed by atoms with Gasteiger partial charge in [-0.25, -0.2) is 17.6 Å². The molecule has 2 amide bonds. The fourth-order valence-corrected chi connectivity index (χ4v) is 3.69. The lowest BCUT2D eigenvalue weighted by Crippen LogP contribution is -2.35. The fraction of sp³-hybridized carbons (Fsp3) is 0.364. The normalized spacial score (nSPS) is 20.1. The maximum Gasteiger partial charge on any atom is 0.314 e. The molecule has 1 aliphatic rings. The van der Waals surface area contributed by atoms with Gasteiger partial charge in [-0.15, -0.1) is 0 Å². The summed E-state index contributed by atoms with van der Waals surface area (Å²) in [5.74, 6) is -0.487. The summed E-state index contributed by atoms with van der Waals surface area (Å²) in [5.41, 5.74) is 5.10. The van der Waals surface area contributed by atoms with Gasteiger partial charge in [-0.3, -0.25) is 0 Å². The van der Waals surface area contributed by atoms with Crippen LogP contribution >= 0.6 is 0 Å². The van der Waals surface area contributed by atoms with E-state index in [2.05, 4.69) is 0 Å². The second-order valence-corrected chi connectivity index (χ2v) is 6.42. The molecule has 1 fully saturated rings. The highest BCUT2D eigenvalue weighted by Crippen LogP contribution is 2.23. The summed E-state index contributed by atoms with van der Waals surface area (Å²) < 4.78 is 37.2. The van der Waals surface area contributed by atoms with Crippen molar-refractivity contribution < 1.29 is 17.6 Å². The molecule has 18 heavy (non-hydrogen) atoms. The third-order valence-electron chi connectivity index (χ3n) is 3.04. The molecular formula is C11H13FN2O3S. The Labute approximate surface area is 104 Å². The Kier molecular flexibility index (Phi) is 3.25. The molecule has 0 aromatic heterocycles. The number of amides is 2. The summed E-state index contributed by atoms with van der Waals surface area (Å²) in [7, 11) is -3.54. The predicted molar refractivity (Wildman–Crippen MR) is 63.1 cm³/mol. The Morgan fingerprint density at radius 1 is 1.33 bits per heavy atom. The predicted octanol–water partition coefficient (Wildman–Crippen LogP) is 0.752. The second kappa shape index (κ2) is 4.56. The standard InChI is InChI=1S/C11H13FN2O3S/c12-8-1-3-9(4-2-8)18(16,17)10-5-6-14(7-10)11(13)15/h1-4,10H,5-7H2,(H2,13,15). The first-order valence-corrected chi connectivity index (χ1v) is 7.00. The van der Waals surface area contributed by atoms with Gasteiger partial charge >= 0.3 is 6.03 Å². The van der Waals surface area contributed by atoms with Crippen molar-refractivity contribution in [3.8, 4) is 0 Å². The largest absolute Gasteiger partial charge is 0.351 e. The zero-order valence-corrected chi connectivity index (χ0v) is 10.4. The van der Waals surface area contributed by atoms with Crippen molar-refractivity contribution >= 4 is 15.9 Å². The van der Waals surface area contributed by atoms with E-state index in [0.29, 0.717) is 13.0 Å². The highest BCUT2D eigenvalue weighted by Gasteiger charge is 2.35. The van der Waals surface area contributed by atoms with E-state index in [1.54, 1.807) is 0 Å². The minimum atomic E-state index is -3.54. The number of benzene rings is 1. The third kappa shape index (κ3) is 2.31. The van der Waals surface area contributed by atoms with Gasteiger partial charge in [-0.05, 0) is 30.7 Å². The van der Waals surface area contributed by atoms with Crippen LogP contribution in [0.2, 0.25) is 0 Å². The molecule has 0 saturated carbocycles. The summed E-state index contributed by atoms with van der Waals surface area (Å²) in [5, 5.41) is -0.671. The number of nitrogens with zero attached hydrogens (tertiary/aromatic N) is 1. The number of nitrogens with two attached hydrogens (primary N) is 1. The average Bonchev–Trinajstić information content (AvgIpc) is 2.79. The Morgan fingerprint density at radius 2 is 1.94 bits per heavy atom. The van der Waals surface area contributed by atoms with E-state index in [0.717, 1.165) is 12.1 Å². The number of hydrogen-bond acceptors (Lipinski definition) is 3. The van der Waals surface area contributed by atoms with E-state index in [1.165, 1.54) is 17.0 Å². The molecule has 0 bridgehead atoms. The van der Waals surface area contributed by atoms with Crippen molar-refractivity contribution in [1.82, 2.24) is 4.90 Å².